The fourth-order valence-electron chi connectivity index (χ4n) is 2.22. The number of nitrogens with zero attached hydrogens (tertiary/aromatic N) is 1. The van der Waals surface area contributed by atoms with Crippen LogP contribution in [0.25, 0.3) is 0 Å². The highest BCUT2D eigenvalue weighted by Crippen LogP contribution is 2.28. The third-order valence-electron chi connectivity index (χ3n) is 3.61. The molecule has 0 unspecified atom stereocenters. The molecule has 0 bridgehead atoms. The number of guanidine groups is 1. The first kappa shape index (κ1) is 19.9. The Labute approximate surface area is 150 Å². The fraction of sp³-hybridized carbons (Fsp3) is 0.529. The average Bonchev–Trinajstić information content (AvgIpc) is 3.41. The molecule has 26 heavy (non-hydrogen) atoms. The zero-order valence-corrected chi connectivity index (χ0v) is 14.5. The predicted octanol–water partition coefficient (Wildman–Crippen LogP) is 2.17. The van der Waals surface area contributed by atoms with Crippen LogP contribution in [-0.2, 0) is 11.3 Å². The standard InChI is InChI=1S/C17H23F3N4O2/c1-2-21-16(23-10-9-22-15(25)12-7-8-12)24-11-13-5-3-4-6-14(13)26-17(18,19)20/h3-6,12H,2,7-11H2,1H3,(H,22,25)(H2,21,23,24). The molecule has 0 spiro atoms. The summed E-state index contributed by atoms with van der Waals surface area (Å²) in [6.07, 6.45) is -2.85. The van der Waals surface area contributed by atoms with Crippen LogP contribution in [0, 0.1) is 5.92 Å². The summed E-state index contributed by atoms with van der Waals surface area (Å²) < 4.78 is 41.4. The van der Waals surface area contributed by atoms with Gasteiger partial charge in [-0.25, -0.2) is 4.99 Å². The highest BCUT2D eigenvalue weighted by atomic mass is 19.4. The molecule has 9 heteroatoms. The van der Waals surface area contributed by atoms with E-state index >= 15 is 0 Å². The molecule has 1 amide bonds. The number of amides is 1. The molecule has 1 aliphatic carbocycles. The zero-order chi connectivity index (χ0) is 19.0. The second-order valence-electron chi connectivity index (χ2n) is 5.84. The number of carbonyl (C=O) groups excluding carboxylic acids is 1. The van der Waals surface area contributed by atoms with Gasteiger partial charge in [-0.3, -0.25) is 4.79 Å². The Hall–Kier alpha value is -2.45. The number of aliphatic imine (C=N–C) groups is 1. The largest absolute Gasteiger partial charge is 0.573 e. The number of alkyl halides is 3. The van der Waals surface area contributed by atoms with Gasteiger partial charge in [-0.15, -0.1) is 13.2 Å². The van der Waals surface area contributed by atoms with Crippen LogP contribution in [0.5, 0.6) is 5.75 Å². The molecule has 0 aliphatic heterocycles. The molecule has 1 aromatic carbocycles. The van der Waals surface area contributed by atoms with Crippen molar-refractivity contribution >= 4 is 11.9 Å². The van der Waals surface area contributed by atoms with Gasteiger partial charge in [0.2, 0.25) is 5.91 Å². The van der Waals surface area contributed by atoms with Crippen LogP contribution in [0.2, 0.25) is 0 Å². The van der Waals surface area contributed by atoms with E-state index < -0.39 is 6.36 Å². The number of benzene rings is 1. The molecular formula is C17H23F3N4O2. The van der Waals surface area contributed by atoms with Crippen molar-refractivity contribution in [3.8, 4) is 5.75 Å². The maximum atomic E-state index is 12.5. The van der Waals surface area contributed by atoms with Crippen molar-refractivity contribution < 1.29 is 22.7 Å². The number of ether oxygens (including phenoxy) is 1. The summed E-state index contributed by atoms with van der Waals surface area (Å²) in [5.74, 6) is 0.403. The molecule has 1 fully saturated rings. The Bertz CT molecular complexity index is 631. The smallest absolute Gasteiger partial charge is 0.405 e. The topological polar surface area (TPSA) is 74.8 Å². The first-order valence-corrected chi connectivity index (χ1v) is 8.52. The predicted molar refractivity (Wildman–Crippen MR) is 91.7 cm³/mol. The van der Waals surface area contributed by atoms with Gasteiger partial charge in [-0.1, -0.05) is 18.2 Å². The van der Waals surface area contributed by atoms with Gasteiger partial charge in [0.05, 0.1) is 6.54 Å². The van der Waals surface area contributed by atoms with Crippen molar-refractivity contribution in [3.05, 3.63) is 29.8 Å². The molecule has 1 aliphatic rings. The summed E-state index contributed by atoms with van der Waals surface area (Å²) in [5, 5.41) is 8.86. The summed E-state index contributed by atoms with van der Waals surface area (Å²) in [5.41, 5.74) is 0.323. The lowest BCUT2D eigenvalue weighted by atomic mass is 10.2. The minimum Gasteiger partial charge on any atom is -0.405 e. The van der Waals surface area contributed by atoms with E-state index in [1.165, 1.54) is 18.2 Å². The van der Waals surface area contributed by atoms with Gasteiger partial charge < -0.3 is 20.7 Å². The van der Waals surface area contributed by atoms with E-state index in [1.54, 1.807) is 6.07 Å². The number of carbonyl (C=O) groups is 1. The molecule has 1 saturated carbocycles. The molecule has 2 rings (SSSR count). The van der Waals surface area contributed by atoms with Crippen molar-refractivity contribution in [2.45, 2.75) is 32.7 Å². The lowest BCUT2D eigenvalue weighted by molar-refractivity contribution is -0.274. The molecule has 0 radical (unpaired) electrons. The number of rotatable bonds is 8. The van der Waals surface area contributed by atoms with E-state index in [9.17, 15) is 18.0 Å². The van der Waals surface area contributed by atoms with Crippen molar-refractivity contribution in [2.24, 2.45) is 10.9 Å². The molecular weight excluding hydrogens is 349 g/mol. The van der Waals surface area contributed by atoms with E-state index in [0.29, 0.717) is 31.2 Å². The second-order valence-corrected chi connectivity index (χ2v) is 5.84. The number of para-hydroxylation sites is 1. The van der Waals surface area contributed by atoms with Gasteiger partial charge in [0, 0.05) is 31.1 Å². The molecule has 144 valence electrons. The van der Waals surface area contributed by atoms with Crippen LogP contribution in [-0.4, -0.2) is 37.9 Å². The van der Waals surface area contributed by atoms with Crippen molar-refractivity contribution in [1.29, 1.82) is 0 Å². The maximum Gasteiger partial charge on any atom is 0.573 e. The Balaban J connectivity index is 1.88. The van der Waals surface area contributed by atoms with Crippen LogP contribution >= 0.6 is 0 Å². The minimum atomic E-state index is -4.75. The third kappa shape index (κ3) is 7.20. The Morgan fingerprint density at radius 1 is 1.19 bits per heavy atom. The van der Waals surface area contributed by atoms with E-state index in [0.717, 1.165) is 12.8 Å². The molecule has 0 aromatic heterocycles. The van der Waals surface area contributed by atoms with Crippen molar-refractivity contribution in [1.82, 2.24) is 16.0 Å². The minimum absolute atomic E-state index is 0.0238. The number of nitrogens with one attached hydrogen (secondary N) is 3. The Kier molecular flexibility index (Phi) is 7.11. The molecule has 0 saturated heterocycles. The first-order chi connectivity index (χ1) is 12.4. The average molecular weight is 372 g/mol. The summed E-state index contributed by atoms with van der Waals surface area (Å²) in [6, 6.07) is 5.89. The van der Waals surface area contributed by atoms with E-state index in [2.05, 4.69) is 25.7 Å². The van der Waals surface area contributed by atoms with Gasteiger partial charge in [0.15, 0.2) is 5.96 Å². The van der Waals surface area contributed by atoms with Gasteiger partial charge in [-0.05, 0) is 25.8 Å². The van der Waals surface area contributed by atoms with Crippen molar-refractivity contribution in [2.75, 3.05) is 19.6 Å². The SMILES string of the molecule is CCNC(=NCc1ccccc1OC(F)(F)F)NCCNC(=O)C1CC1. The highest BCUT2D eigenvalue weighted by molar-refractivity contribution is 5.81. The lowest BCUT2D eigenvalue weighted by Crippen LogP contribution is -2.41. The monoisotopic (exact) mass is 372 g/mol. The van der Waals surface area contributed by atoms with Crippen LogP contribution in [0.4, 0.5) is 13.2 Å². The number of halogens is 3. The molecule has 6 nitrogen and oxygen atoms in total. The molecule has 1 aromatic rings. The van der Waals surface area contributed by atoms with Crippen molar-refractivity contribution in [3.63, 3.8) is 0 Å². The van der Waals surface area contributed by atoms with E-state index in [4.69, 9.17) is 0 Å². The number of hydrogen-bond acceptors (Lipinski definition) is 3. The van der Waals surface area contributed by atoms with Gasteiger partial charge in [-0.2, -0.15) is 0 Å². The highest BCUT2D eigenvalue weighted by Gasteiger charge is 2.32. The first-order valence-electron chi connectivity index (χ1n) is 8.52. The normalized spacial score (nSPS) is 14.7. The van der Waals surface area contributed by atoms with Gasteiger partial charge in [0.1, 0.15) is 5.75 Å². The van der Waals surface area contributed by atoms with E-state index in [-0.39, 0.29) is 24.1 Å². The molecule has 0 heterocycles. The van der Waals surface area contributed by atoms with Crippen LogP contribution in [0.15, 0.2) is 29.3 Å². The summed E-state index contributed by atoms with van der Waals surface area (Å²) in [4.78, 5) is 15.8. The Morgan fingerprint density at radius 3 is 2.54 bits per heavy atom. The van der Waals surface area contributed by atoms with Crippen LogP contribution in [0.3, 0.4) is 0 Å². The van der Waals surface area contributed by atoms with E-state index in [1.807, 2.05) is 6.92 Å². The summed E-state index contributed by atoms with van der Waals surface area (Å²) >= 11 is 0. The molecule has 3 N–H and O–H groups in total. The van der Waals surface area contributed by atoms with Gasteiger partial charge in [0.25, 0.3) is 0 Å². The zero-order valence-electron chi connectivity index (χ0n) is 14.5. The second kappa shape index (κ2) is 9.30. The summed E-state index contributed by atoms with van der Waals surface area (Å²) in [7, 11) is 0. The lowest BCUT2D eigenvalue weighted by Gasteiger charge is -2.14. The number of hydrogen-bond donors (Lipinski definition) is 3. The fourth-order valence-corrected chi connectivity index (χ4v) is 2.22. The van der Waals surface area contributed by atoms with Crippen LogP contribution < -0.4 is 20.7 Å². The molecule has 0 atom stereocenters. The van der Waals surface area contributed by atoms with Gasteiger partial charge >= 0.3 is 6.36 Å². The quantitative estimate of drug-likeness (QED) is 0.371. The third-order valence-corrected chi connectivity index (χ3v) is 3.61. The summed E-state index contributed by atoms with van der Waals surface area (Å²) in [6.45, 7) is 3.42. The maximum absolute atomic E-state index is 12.5. The Morgan fingerprint density at radius 2 is 1.88 bits per heavy atom. The van der Waals surface area contributed by atoms with Crippen LogP contribution in [0.1, 0.15) is 25.3 Å².